The minimum Gasteiger partial charge on any atom is -0.487 e. The summed E-state index contributed by atoms with van der Waals surface area (Å²) in [5.74, 6) is 0.642. The van der Waals surface area contributed by atoms with Gasteiger partial charge in [0, 0.05) is 19.5 Å². The molecule has 156 valence electrons. The summed E-state index contributed by atoms with van der Waals surface area (Å²) in [6.45, 7) is 0.534. The van der Waals surface area contributed by atoms with E-state index in [2.05, 4.69) is 0 Å². The highest BCUT2D eigenvalue weighted by molar-refractivity contribution is 5.36. The molecule has 5 nitrogen and oxygen atoms in total. The fourth-order valence-electron chi connectivity index (χ4n) is 4.09. The van der Waals surface area contributed by atoms with E-state index in [0.29, 0.717) is 43.7 Å². The van der Waals surface area contributed by atoms with E-state index < -0.39 is 12.2 Å². The first-order valence-corrected chi connectivity index (χ1v) is 9.96. The lowest BCUT2D eigenvalue weighted by Crippen LogP contribution is -2.50. The van der Waals surface area contributed by atoms with Gasteiger partial charge in [0.1, 0.15) is 35.3 Å². The van der Waals surface area contributed by atoms with Crippen LogP contribution in [0.5, 0.6) is 11.5 Å². The van der Waals surface area contributed by atoms with Gasteiger partial charge in [0.15, 0.2) is 6.23 Å². The largest absolute Gasteiger partial charge is 0.487 e. The zero-order valence-electron chi connectivity index (χ0n) is 16.1. The van der Waals surface area contributed by atoms with Crippen LogP contribution in [0, 0.1) is 11.6 Å². The van der Waals surface area contributed by atoms with Crippen molar-refractivity contribution < 1.29 is 28.5 Å². The van der Waals surface area contributed by atoms with E-state index in [9.17, 15) is 19.0 Å². The third kappa shape index (κ3) is 4.52. The van der Waals surface area contributed by atoms with Crippen LogP contribution in [0.1, 0.15) is 24.0 Å². The number of aliphatic hydroxyl groups excluding tert-OH is 2. The van der Waals surface area contributed by atoms with Gasteiger partial charge < -0.3 is 19.7 Å². The molecule has 0 saturated carbocycles. The number of benzene rings is 2. The molecule has 0 radical (unpaired) electrons. The smallest absolute Gasteiger partial charge is 0.153 e. The SMILES string of the molecule is OCCN(CC(O)C1CCc2cc(F)ccc2O1)C1CCc2cc(F)ccc2O1. The summed E-state index contributed by atoms with van der Waals surface area (Å²) in [7, 11) is 0. The second-order valence-corrected chi connectivity index (χ2v) is 7.60. The molecule has 3 atom stereocenters. The molecule has 2 N–H and O–H groups in total. The van der Waals surface area contributed by atoms with Gasteiger partial charge in [-0.25, -0.2) is 8.78 Å². The average molecular weight is 405 g/mol. The summed E-state index contributed by atoms with van der Waals surface area (Å²) in [5, 5.41) is 20.3. The molecule has 0 aromatic heterocycles. The molecule has 0 fully saturated rings. The molecule has 0 amide bonds. The first kappa shape index (κ1) is 20.1. The quantitative estimate of drug-likeness (QED) is 0.774. The molecule has 2 aromatic rings. The molecule has 0 spiro atoms. The number of aryl methyl sites for hydroxylation is 2. The number of hydrogen-bond acceptors (Lipinski definition) is 5. The summed E-state index contributed by atoms with van der Waals surface area (Å²) in [5.41, 5.74) is 1.63. The van der Waals surface area contributed by atoms with Crippen molar-refractivity contribution in [1.29, 1.82) is 0 Å². The molecule has 2 aliphatic rings. The molecule has 7 heteroatoms. The van der Waals surface area contributed by atoms with Gasteiger partial charge in [0.25, 0.3) is 0 Å². The summed E-state index contributed by atoms with van der Waals surface area (Å²) in [4.78, 5) is 1.89. The van der Waals surface area contributed by atoms with E-state index in [1.54, 1.807) is 12.1 Å². The van der Waals surface area contributed by atoms with Gasteiger partial charge >= 0.3 is 0 Å². The van der Waals surface area contributed by atoms with Crippen molar-refractivity contribution in [2.75, 3.05) is 19.7 Å². The zero-order valence-corrected chi connectivity index (χ0v) is 16.1. The Morgan fingerprint density at radius 1 is 0.966 bits per heavy atom. The Morgan fingerprint density at radius 2 is 1.59 bits per heavy atom. The standard InChI is InChI=1S/C22H25F2NO4/c23-16-3-6-19-14(11-16)1-5-21(28-19)18(27)13-25(9-10-26)22-8-2-15-12-17(24)4-7-20(15)29-22/h3-4,6-7,11-12,18,21-22,26-27H,1-2,5,8-10,13H2. The number of halogens is 2. The molecule has 0 saturated heterocycles. The summed E-state index contributed by atoms with van der Waals surface area (Å²) >= 11 is 0. The highest BCUT2D eigenvalue weighted by atomic mass is 19.1. The highest BCUT2D eigenvalue weighted by Gasteiger charge is 2.32. The monoisotopic (exact) mass is 405 g/mol. The predicted octanol–water partition coefficient (Wildman–Crippen LogP) is 2.66. The van der Waals surface area contributed by atoms with E-state index in [-0.39, 0.29) is 31.0 Å². The van der Waals surface area contributed by atoms with Crippen LogP contribution in [0.2, 0.25) is 0 Å². The van der Waals surface area contributed by atoms with Crippen molar-refractivity contribution in [3.63, 3.8) is 0 Å². The minimum absolute atomic E-state index is 0.0729. The molecule has 2 aliphatic heterocycles. The van der Waals surface area contributed by atoms with Crippen LogP contribution in [0.4, 0.5) is 8.78 Å². The number of nitrogens with zero attached hydrogens (tertiary/aromatic N) is 1. The normalized spacial score (nSPS) is 21.7. The van der Waals surface area contributed by atoms with Gasteiger partial charge in [-0.3, -0.25) is 4.90 Å². The molecule has 0 bridgehead atoms. The molecule has 4 rings (SSSR count). The molecule has 2 aromatic carbocycles. The molecule has 0 aliphatic carbocycles. The molecule has 29 heavy (non-hydrogen) atoms. The lowest BCUT2D eigenvalue weighted by atomic mass is 9.98. The third-order valence-corrected chi connectivity index (χ3v) is 5.59. The first-order valence-electron chi connectivity index (χ1n) is 9.96. The molecular formula is C22H25F2NO4. The Bertz CT molecular complexity index is 863. The van der Waals surface area contributed by atoms with Crippen molar-refractivity contribution in [2.24, 2.45) is 0 Å². The lowest BCUT2D eigenvalue weighted by Gasteiger charge is -2.38. The van der Waals surface area contributed by atoms with Crippen LogP contribution in [0.25, 0.3) is 0 Å². The second kappa shape index (κ2) is 8.65. The van der Waals surface area contributed by atoms with Crippen molar-refractivity contribution in [3.05, 3.63) is 59.2 Å². The minimum atomic E-state index is -0.794. The van der Waals surface area contributed by atoms with E-state index >= 15 is 0 Å². The van der Waals surface area contributed by atoms with Crippen LogP contribution in [0.3, 0.4) is 0 Å². The van der Waals surface area contributed by atoms with Crippen LogP contribution >= 0.6 is 0 Å². The maximum atomic E-state index is 13.4. The zero-order chi connectivity index (χ0) is 20.4. The fraction of sp³-hybridized carbons (Fsp3) is 0.455. The number of fused-ring (bicyclic) bond motifs is 2. The van der Waals surface area contributed by atoms with Gasteiger partial charge in [-0.2, -0.15) is 0 Å². The van der Waals surface area contributed by atoms with E-state index in [4.69, 9.17) is 9.47 Å². The molecule has 3 unspecified atom stereocenters. The Hall–Kier alpha value is -2.22. The van der Waals surface area contributed by atoms with Gasteiger partial charge in [-0.15, -0.1) is 0 Å². The Morgan fingerprint density at radius 3 is 2.24 bits per heavy atom. The van der Waals surface area contributed by atoms with Crippen LogP contribution in [-0.4, -0.2) is 53.2 Å². The maximum Gasteiger partial charge on any atom is 0.153 e. The van der Waals surface area contributed by atoms with Crippen molar-refractivity contribution in [1.82, 2.24) is 4.90 Å². The van der Waals surface area contributed by atoms with E-state index in [1.807, 2.05) is 4.90 Å². The number of ether oxygens (including phenoxy) is 2. The topological polar surface area (TPSA) is 62.2 Å². The predicted molar refractivity (Wildman–Crippen MR) is 103 cm³/mol. The summed E-state index contributed by atoms with van der Waals surface area (Å²) in [6, 6.07) is 8.86. The van der Waals surface area contributed by atoms with E-state index in [0.717, 1.165) is 11.1 Å². The van der Waals surface area contributed by atoms with E-state index in [1.165, 1.54) is 24.3 Å². The second-order valence-electron chi connectivity index (χ2n) is 7.60. The molecular weight excluding hydrogens is 380 g/mol. The van der Waals surface area contributed by atoms with Crippen molar-refractivity contribution >= 4 is 0 Å². The Balaban J connectivity index is 1.42. The third-order valence-electron chi connectivity index (χ3n) is 5.59. The van der Waals surface area contributed by atoms with Crippen LogP contribution < -0.4 is 9.47 Å². The molecule has 2 heterocycles. The van der Waals surface area contributed by atoms with Gasteiger partial charge in [0.2, 0.25) is 0 Å². The Kier molecular flexibility index (Phi) is 5.99. The summed E-state index contributed by atoms with van der Waals surface area (Å²) < 4.78 is 38.7. The Labute approximate surface area is 168 Å². The number of rotatable bonds is 6. The van der Waals surface area contributed by atoms with Crippen molar-refractivity contribution in [3.8, 4) is 11.5 Å². The summed E-state index contributed by atoms with van der Waals surface area (Å²) in [6.07, 6.45) is 0.981. The lowest BCUT2D eigenvalue weighted by molar-refractivity contribution is -0.0534. The number of hydrogen-bond donors (Lipinski definition) is 2. The van der Waals surface area contributed by atoms with Crippen LogP contribution in [-0.2, 0) is 12.8 Å². The average Bonchev–Trinajstić information content (AvgIpc) is 2.72. The van der Waals surface area contributed by atoms with Gasteiger partial charge in [-0.05, 0) is 66.8 Å². The van der Waals surface area contributed by atoms with Crippen LogP contribution in [0.15, 0.2) is 36.4 Å². The highest BCUT2D eigenvalue weighted by Crippen LogP contribution is 2.31. The fourth-order valence-corrected chi connectivity index (χ4v) is 4.09. The number of aliphatic hydroxyl groups is 2. The van der Waals surface area contributed by atoms with Gasteiger partial charge in [0.05, 0.1) is 6.61 Å². The van der Waals surface area contributed by atoms with Crippen molar-refractivity contribution in [2.45, 2.75) is 44.1 Å². The van der Waals surface area contributed by atoms with Gasteiger partial charge in [-0.1, -0.05) is 0 Å². The first-order chi connectivity index (χ1) is 14.0. The maximum absolute atomic E-state index is 13.4.